The van der Waals surface area contributed by atoms with E-state index in [1.807, 2.05) is 0 Å². The summed E-state index contributed by atoms with van der Waals surface area (Å²) < 4.78 is 5.10. The maximum atomic E-state index is 11.4. The summed E-state index contributed by atoms with van der Waals surface area (Å²) in [5.41, 5.74) is 4.06. The van der Waals surface area contributed by atoms with Crippen LogP contribution in [0.2, 0.25) is 0 Å². The van der Waals surface area contributed by atoms with Crippen molar-refractivity contribution in [3.05, 3.63) is 0 Å². The van der Waals surface area contributed by atoms with Gasteiger partial charge in [0.25, 0.3) is 0 Å². The highest BCUT2D eigenvalue weighted by Gasteiger charge is 2.32. The van der Waals surface area contributed by atoms with Gasteiger partial charge in [0.15, 0.2) is 0 Å². The fraction of sp³-hybridized carbons (Fsp3) is 0.700. The summed E-state index contributed by atoms with van der Waals surface area (Å²) >= 11 is 0. The largest absolute Gasteiger partial charge is 0.459 e. The van der Waals surface area contributed by atoms with Crippen molar-refractivity contribution < 1.29 is 9.53 Å². The lowest BCUT2D eigenvalue weighted by molar-refractivity contribution is -0.160. The monoisotopic (exact) mass is 183 g/mol. The third kappa shape index (κ3) is 4.54. The first-order valence-corrected chi connectivity index (χ1v) is 4.15. The molecule has 0 heterocycles. The first kappa shape index (κ1) is 12.0. The molecule has 1 atom stereocenters. The van der Waals surface area contributed by atoms with Gasteiger partial charge in [-0.1, -0.05) is 0 Å². The van der Waals surface area contributed by atoms with E-state index in [2.05, 4.69) is 5.92 Å². The van der Waals surface area contributed by atoms with E-state index in [0.717, 1.165) is 0 Å². The van der Waals surface area contributed by atoms with Crippen LogP contribution in [0.4, 0.5) is 0 Å². The van der Waals surface area contributed by atoms with Crippen LogP contribution in [-0.2, 0) is 9.53 Å². The summed E-state index contributed by atoms with van der Waals surface area (Å²) in [7, 11) is 0. The molecular formula is C10H17NO2. The van der Waals surface area contributed by atoms with Crippen molar-refractivity contribution in [3.8, 4) is 12.3 Å². The lowest BCUT2D eigenvalue weighted by Crippen LogP contribution is -2.48. The van der Waals surface area contributed by atoms with Gasteiger partial charge in [-0.25, -0.2) is 0 Å². The van der Waals surface area contributed by atoms with Crippen LogP contribution in [0.3, 0.4) is 0 Å². The number of carbonyl (C=O) groups excluding carboxylic acids is 1. The lowest BCUT2D eigenvalue weighted by Gasteiger charge is -2.26. The van der Waals surface area contributed by atoms with Gasteiger partial charge < -0.3 is 10.5 Å². The highest BCUT2D eigenvalue weighted by molar-refractivity contribution is 5.80. The Morgan fingerprint density at radius 1 is 1.46 bits per heavy atom. The Morgan fingerprint density at radius 2 is 1.92 bits per heavy atom. The van der Waals surface area contributed by atoms with E-state index < -0.39 is 17.1 Å². The van der Waals surface area contributed by atoms with Crippen LogP contribution < -0.4 is 5.73 Å². The maximum absolute atomic E-state index is 11.4. The van der Waals surface area contributed by atoms with Crippen LogP contribution in [0.1, 0.15) is 34.1 Å². The van der Waals surface area contributed by atoms with Gasteiger partial charge in [-0.2, -0.15) is 0 Å². The molecule has 0 aliphatic rings. The molecule has 0 bridgehead atoms. The third-order valence-corrected chi connectivity index (χ3v) is 1.33. The standard InChI is InChI=1S/C10H17NO2/c1-6-7-10(5,11)8(12)13-9(2,3)4/h1H,7,11H2,2-5H3/t10-/m0/s1. The highest BCUT2D eigenvalue weighted by atomic mass is 16.6. The number of carbonyl (C=O) groups is 1. The number of rotatable bonds is 2. The second kappa shape index (κ2) is 3.80. The molecule has 0 aromatic heterocycles. The van der Waals surface area contributed by atoms with Crippen molar-refractivity contribution in [3.63, 3.8) is 0 Å². The highest BCUT2D eigenvalue weighted by Crippen LogP contribution is 2.14. The molecular weight excluding hydrogens is 166 g/mol. The van der Waals surface area contributed by atoms with Crippen molar-refractivity contribution in [1.29, 1.82) is 0 Å². The summed E-state index contributed by atoms with van der Waals surface area (Å²) in [5, 5.41) is 0. The number of ether oxygens (including phenoxy) is 1. The van der Waals surface area contributed by atoms with Gasteiger partial charge in [0.2, 0.25) is 0 Å². The normalized spacial score (nSPS) is 15.7. The van der Waals surface area contributed by atoms with E-state index in [9.17, 15) is 4.79 Å². The minimum Gasteiger partial charge on any atom is -0.459 e. The molecule has 0 radical (unpaired) electrons. The molecule has 0 aliphatic heterocycles. The quantitative estimate of drug-likeness (QED) is 0.514. The van der Waals surface area contributed by atoms with Crippen LogP contribution in [-0.4, -0.2) is 17.1 Å². The van der Waals surface area contributed by atoms with Crippen LogP contribution in [0.25, 0.3) is 0 Å². The number of hydrogen-bond acceptors (Lipinski definition) is 3. The van der Waals surface area contributed by atoms with E-state index >= 15 is 0 Å². The van der Waals surface area contributed by atoms with Gasteiger partial charge in [-0.15, -0.1) is 12.3 Å². The third-order valence-electron chi connectivity index (χ3n) is 1.33. The van der Waals surface area contributed by atoms with Crippen LogP contribution >= 0.6 is 0 Å². The average molecular weight is 183 g/mol. The molecule has 3 heteroatoms. The molecule has 0 amide bonds. The zero-order valence-corrected chi connectivity index (χ0v) is 8.68. The fourth-order valence-corrected chi connectivity index (χ4v) is 0.679. The van der Waals surface area contributed by atoms with Gasteiger partial charge in [0.05, 0.1) is 0 Å². The molecule has 0 unspecified atom stereocenters. The van der Waals surface area contributed by atoms with Gasteiger partial charge in [-0.3, -0.25) is 4.79 Å². The number of esters is 1. The molecule has 0 aromatic carbocycles. The van der Waals surface area contributed by atoms with Crippen LogP contribution in [0.5, 0.6) is 0 Å². The molecule has 0 saturated heterocycles. The molecule has 0 aliphatic carbocycles. The lowest BCUT2D eigenvalue weighted by atomic mass is 10.00. The van der Waals surface area contributed by atoms with Crippen molar-refractivity contribution >= 4 is 5.97 Å². The minimum atomic E-state index is -1.08. The van der Waals surface area contributed by atoms with Crippen LogP contribution in [0.15, 0.2) is 0 Å². The Hall–Kier alpha value is -1.01. The number of nitrogens with two attached hydrogens (primary N) is 1. The van der Waals surface area contributed by atoms with Gasteiger partial charge in [0, 0.05) is 6.42 Å². The summed E-state index contributed by atoms with van der Waals surface area (Å²) in [6, 6.07) is 0. The molecule has 0 aromatic rings. The number of terminal acetylenes is 1. The number of hydrogen-bond donors (Lipinski definition) is 1. The van der Waals surface area contributed by atoms with Gasteiger partial charge in [-0.05, 0) is 27.7 Å². The SMILES string of the molecule is C#CC[C@](C)(N)C(=O)OC(C)(C)C. The average Bonchev–Trinajstić information content (AvgIpc) is 1.82. The second-order valence-electron chi connectivity index (χ2n) is 4.30. The maximum Gasteiger partial charge on any atom is 0.327 e. The van der Waals surface area contributed by atoms with Gasteiger partial charge >= 0.3 is 5.97 Å². The Kier molecular flexibility index (Phi) is 3.50. The second-order valence-corrected chi connectivity index (χ2v) is 4.30. The summed E-state index contributed by atoms with van der Waals surface area (Å²) in [6.07, 6.45) is 5.26. The van der Waals surface area contributed by atoms with E-state index in [1.165, 1.54) is 0 Å². The smallest absolute Gasteiger partial charge is 0.327 e. The molecule has 0 fully saturated rings. The van der Waals surface area contributed by atoms with E-state index in [-0.39, 0.29) is 6.42 Å². The topological polar surface area (TPSA) is 52.3 Å². The summed E-state index contributed by atoms with van der Waals surface area (Å²) in [4.78, 5) is 11.4. The Morgan fingerprint density at radius 3 is 2.23 bits per heavy atom. The van der Waals surface area contributed by atoms with Gasteiger partial charge in [0.1, 0.15) is 11.1 Å². The first-order chi connectivity index (χ1) is 5.69. The van der Waals surface area contributed by atoms with Crippen molar-refractivity contribution in [2.24, 2.45) is 5.73 Å². The summed E-state index contributed by atoms with van der Waals surface area (Å²) in [6.45, 7) is 6.94. The van der Waals surface area contributed by atoms with E-state index in [0.29, 0.717) is 0 Å². The molecule has 0 spiro atoms. The predicted molar refractivity (Wildman–Crippen MR) is 51.9 cm³/mol. The van der Waals surface area contributed by atoms with Crippen molar-refractivity contribution in [2.45, 2.75) is 45.3 Å². The zero-order chi connectivity index (χ0) is 10.7. The van der Waals surface area contributed by atoms with Crippen molar-refractivity contribution in [1.82, 2.24) is 0 Å². The molecule has 3 nitrogen and oxygen atoms in total. The minimum absolute atomic E-state index is 0.182. The summed E-state index contributed by atoms with van der Waals surface area (Å²) in [5.74, 6) is 1.89. The van der Waals surface area contributed by atoms with Crippen LogP contribution in [0, 0.1) is 12.3 Å². The first-order valence-electron chi connectivity index (χ1n) is 4.15. The molecule has 13 heavy (non-hydrogen) atoms. The molecule has 74 valence electrons. The Balaban J connectivity index is 4.36. The molecule has 0 saturated carbocycles. The van der Waals surface area contributed by atoms with Crippen molar-refractivity contribution in [2.75, 3.05) is 0 Å². The Labute approximate surface area is 79.6 Å². The molecule has 2 N–H and O–H groups in total. The molecule has 0 rings (SSSR count). The van der Waals surface area contributed by atoms with E-state index in [4.69, 9.17) is 16.9 Å². The Bertz CT molecular complexity index is 230. The fourth-order valence-electron chi connectivity index (χ4n) is 0.679. The predicted octanol–water partition coefficient (Wildman–Crippen LogP) is 1.07. The van der Waals surface area contributed by atoms with E-state index in [1.54, 1.807) is 27.7 Å². The zero-order valence-electron chi connectivity index (χ0n) is 8.68.